The largest absolute Gasteiger partial charge is 0.381 e. The van der Waals surface area contributed by atoms with Crippen LogP contribution in [0.2, 0.25) is 0 Å². The van der Waals surface area contributed by atoms with E-state index in [1.54, 1.807) is 12.1 Å². The molecule has 1 aliphatic carbocycles. The van der Waals surface area contributed by atoms with Crippen molar-refractivity contribution in [2.45, 2.75) is 38.0 Å². The van der Waals surface area contributed by atoms with Crippen molar-refractivity contribution in [2.24, 2.45) is 5.92 Å². The number of alkyl halides is 1. The van der Waals surface area contributed by atoms with Crippen LogP contribution in [0, 0.1) is 5.92 Å². The van der Waals surface area contributed by atoms with Crippen molar-refractivity contribution in [3.8, 4) is 11.1 Å². The summed E-state index contributed by atoms with van der Waals surface area (Å²) < 4.78 is 21.2. The fourth-order valence-electron chi connectivity index (χ4n) is 5.75. The average Bonchev–Trinajstić information content (AvgIpc) is 3.52. The molecule has 3 N–H and O–H groups in total. The van der Waals surface area contributed by atoms with E-state index in [-0.39, 0.29) is 17.8 Å². The molecule has 10 nitrogen and oxygen atoms in total. The standard InChI is InChI=1S/C28H28FN7O3/c1-35-14-23-18(13-31-36(23)15-6-9-39-10-7-15)16-3-2-4-21(26(16)35)32-22-12-24(34-27(37)17-11-19(17)29)33-20-5-8-30-28(38)25(20)22/h2-5,8,12-13,15,17,19H,6-7,9-11,14H2,1H3,(H,30,38)(H2,32,33,34,37). The Kier molecular flexibility index (Phi) is 5.62. The number of rotatable bonds is 5. The highest BCUT2D eigenvalue weighted by atomic mass is 19.1. The van der Waals surface area contributed by atoms with Crippen LogP contribution in [0.15, 0.2) is 47.5 Å². The molecule has 4 aromatic rings. The molecule has 11 heteroatoms. The SMILES string of the molecule is CN1Cc2c(cnn2C2CCOCC2)-c2cccc(Nc3cc(NC(=O)C4CC4F)nc4cc[nH]c(=O)c34)c21. The number of nitrogens with zero attached hydrogens (tertiary/aromatic N) is 4. The van der Waals surface area contributed by atoms with Crippen LogP contribution in [0.4, 0.5) is 27.3 Å². The first-order chi connectivity index (χ1) is 19.0. The molecule has 200 valence electrons. The number of para-hydroxylation sites is 1. The fraction of sp³-hybridized carbons (Fsp3) is 0.357. The van der Waals surface area contributed by atoms with Crippen molar-refractivity contribution in [1.29, 1.82) is 0 Å². The molecule has 0 bridgehead atoms. The zero-order chi connectivity index (χ0) is 26.7. The Morgan fingerprint density at radius 2 is 2.00 bits per heavy atom. The Labute approximate surface area is 223 Å². The number of carbonyl (C=O) groups is 1. The molecule has 0 radical (unpaired) electrons. The summed E-state index contributed by atoms with van der Waals surface area (Å²) in [6, 6.07) is 9.64. The van der Waals surface area contributed by atoms with Gasteiger partial charge in [0.1, 0.15) is 12.0 Å². The first-order valence-electron chi connectivity index (χ1n) is 13.2. The lowest BCUT2D eigenvalue weighted by Gasteiger charge is -2.32. The number of nitrogens with one attached hydrogen (secondary N) is 3. The van der Waals surface area contributed by atoms with E-state index in [0.29, 0.717) is 29.2 Å². The number of carbonyl (C=O) groups excluding carboxylic acids is 1. The second-order valence-corrected chi connectivity index (χ2v) is 10.4. The molecule has 2 unspecified atom stereocenters. The zero-order valence-corrected chi connectivity index (χ0v) is 21.4. The summed E-state index contributed by atoms with van der Waals surface area (Å²) in [7, 11) is 2.04. The van der Waals surface area contributed by atoms with Gasteiger partial charge in [-0.25, -0.2) is 9.37 Å². The lowest BCUT2D eigenvalue weighted by molar-refractivity contribution is -0.117. The minimum absolute atomic E-state index is 0.222. The van der Waals surface area contributed by atoms with Crippen molar-refractivity contribution < 1.29 is 13.9 Å². The first-order valence-corrected chi connectivity index (χ1v) is 13.2. The molecule has 1 saturated carbocycles. The van der Waals surface area contributed by atoms with Gasteiger partial charge >= 0.3 is 0 Å². The van der Waals surface area contributed by atoms with Gasteiger partial charge in [0.2, 0.25) is 5.91 Å². The molecule has 7 rings (SSSR count). The number of amides is 1. The Hall–Kier alpha value is -4.25. The Balaban J connectivity index is 1.28. The second-order valence-electron chi connectivity index (χ2n) is 10.4. The zero-order valence-electron chi connectivity index (χ0n) is 21.4. The van der Waals surface area contributed by atoms with E-state index >= 15 is 0 Å². The van der Waals surface area contributed by atoms with E-state index in [1.165, 1.54) is 11.9 Å². The van der Waals surface area contributed by atoms with Crippen LogP contribution in [0.5, 0.6) is 0 Å². The minimum Gasteiger partial charge on any atom is -0.381 e. The molecule has 1 amide bonds. The Morgan fingerprint density at radius 3 is 2.79 bits per heavy atom. The van der Waals surface area contributed by atoms with Gasteiger partial charge in [-0.3, -0.25) is 14.3 Å². The van der Waals surface area contributed by atoms with Gasteiger partial charge in [0.15, 0.2) is 0 Å². The number of hydrogen-bond acceptors (Lipinski definition) is 7. The number of benzene rings is 1. The van der Waals surface area contributed by atoms with E-state index in [2.05, 4.69) is 36.2 Å². The number of hydrogen-bond donors (Lipinski definition) is 3. The highest BCUT2D eigenvalue weighted by molar-refractivity contribution is 6.00. The summed E-state index contributed by atoms with van der Waals surface area (Å²) in [5.41, 5.74) is 5.72. The van der Waals surface area contributed by atoms with Crippen LogP contribution in [0.3, 0.4) is 0 Å². The van der Waals surface area contributed by atoms with E-state index in [0.717, 1.165) is 48.6 Å². The van der Waals surface area contributed by atoms with Crippen molar-refractivity contribution in [3.05, 3.63) is 58.8 Å². The monoisotopic (exact) mass is 529 g/mol. The van der Waals surface area contributed by atoms with Crippen LogP contribution in [0.1, 0.15) is 31.0 Å². The van der Waals surface area contributed by atoms with E-state index in [4.69, 9.17) is 9.84 Å². The molecular formula is C28H28FN7O3. The molecule has 1 aromatic carbocycles. The van der Waals surface area contributed by atoms with Gasteiger partial charge in [-0.1, -0.05) is 12.1 Å². The van der Waals surface area contributed by atoms with E-state index < -0.39 is 18.0 Å². The molecule has 5 heterocycles. The third-order valence-electron chi connectivity index (χ3n) is 7.83. The summed E-state index contributed by atoms with van der Waals surface area (Å²) in [6.07, 6.45) is 4.46. The number of aromatic nitrogens is 4. The quantitative estimate of drug-likeness (QED) is 0.356. The van der Waals surface area contributed by atoms with Crippen molar-refractivity contribution >= 4 is 39.7 Å². The molecule has 3 aliphatic rings. The molecular weight excluding hydrogens is 501 g/mol. The molecule has 2 aliphatic heterocycles. The number of fused-ring (bicyclic) bond motifs is 4. The van der Waals surface area contributed by atoms with Crippen LogP contribution in [-0.2, 0) is 16.1 Å². The number of anilines is 4. The number of pyridine rings is 2. The number of halogens is 1. The second kappa shape index (κ2) is 9.19. The van der Waals surface area contributed by atoms with Gasteiger partial charge in [-0.05, 0) is 31.4 Å². The van der Waals surface area contributed by atoms with Crippen LogP contribution in [-0.4, -0.2) is 52.1 Å². The van der Waals surface area contributed by atoms with Crippen LogP contribution < -0.4 is 21.1 Å². The third kappa shape index (κ3) is 4.13. The Morgan fingerprint density at radius 1 is 1.18 bits per heavy atom. The summed E-state index contributed by atoms with van der Waals surface area (Å²) in [5.74, 6) is -0.793. The predicted octanol–water partition coefficient (Wildman–Crippen LogP) is 4.13. The van der Waals surface area contributed by atoms with Gasteiger partial charge in [0.05, 0.1) is 58.4 Å². The lowest BCUT2D eigenvalue weighted by Crippen LogP contribution is -2.28. The van der Waals surface area contributed by atoms with Crippen molar-refractivity contribution in [1.82, 2.24) is 19.7 Å². The number of aromatic amines is 1. The third-order valence-corrected chi connectivity index (χ3v) is 7.83. The Bertz CT molecular complexity index is 1660. The van der Waals surface area contributed by atoms with E-state index in [1.807, 2.05) is 25.4 Å². The minimum atomic E-state index is -1.11. The van der Waals surface area contributed by atoms with Gasteiger partial charge in [0, 0.05) is 43.7 Å². The molecule has 39 heavy (non-hydrogen) atoms. The highest BCUT2D eigenvalue weighted by Gasteiger charge is 2.43. The van der Waals surface area contributed by atoms with Gasteiger partial charge < -0.3 is 25.3 Å². The molecule has 3 aromatic heterocycles. The topological polar surface area (TPSA) is 117 Å². The van der Waals surface area contributed by atoms with Gasteiger partial charge in [-0.15, -0.1) is 0 Å². The maximum Gasteiger partial charge on any atom is 0.259 e. The summed E-state index contributed by atoms with van der Waals surface area (Å²) >= 11 is 0. The molecule has 2 atom stereocenters. The average molecular weight is 530 g/mol. The normalized spacial score (nSPS) is 20.4. The van der Waals surface area contributed by atoms with Gasteiger partial charge in [0.25, 0.3) is 5.56 Å². The van der Waals surface area contributed by atoms with Crippen molar-refractivity contribution in [3.63, 3.8) is 0 Å². The maximum absolute atomic E-state index is 13.5. The number of ether oxygens (including phenoxy) is 1. The van der Waals surface area contributed by atoms with Crippen LogP contribution in [0.25, 0.3) is 22.0 Å². The summed E-state index contributed by atoms with van der Waals surface area (Å²) in [5, 5.41) is 11.3. The summed E-state index contributed by atoms with van der Waals surface area (Å²) in [6.45, 7) is 2.18. The highest BCUT2D eigenvalue weighted by Crippen LogP contribution is 2.45. The van der Waals surface area contributed by atoms with Crippen molar-refractivity contribution in [2.75, 3.05) is 35.8 Å². The number of H-pyrrole nitrogens is 1. The summed E-state index contributed by atoms with van der Waals surface area (Å²) in [4.78, 5) is 34.6. The molecule has 0 spiro atoms. The smallest absolute Gasteiger partial charge is 0.259 e. The lowest BCUT2D eigenvalue weighted by atomic mass is 9.97. The van der Waals surface area contributed by atoms with Crippen LogP contribution >= 0.6 is 0 Å². The maximum atomic E-state index is 13.5. The fourth-order valence-corrected chi connectivity index (χ4v) is 5.75. The van der Waals surface area contributed by atoms with Gasteiger partial charge in [-0.2, -0.15) is 5.10 Å². The molecule has 1 saturated heterocycles. The first kappa shape index (κ1) is 23.8. The predicted molar refractivity (Wildman–Crippen MR) is 146 cm³/mol. The van der Waals surface area contributed by atoms with E-state index in [9.17, 15) is 14.0 Å². The molecule has 2 fully saturated rings.